The van der Waals surface area contributed by atoms with Crippen molar-refractivity contribution in [3.8, 4) is 0 Å². The summed E-state index contributed by atoms with van der Waals surface area (Å²) in [5, 5.41) is 0. The maximum atomic E-state index is 11.8. The number of carbonyl (C=O) groups is 1. The molecule has 0 fully saturated rings. The fourth-order valence-electron chi connectivity index (χ4n) is 1.57. The van der Waals surface area contributed by atoms with Gasteiger partial charge in [0.25, 0.3) is 0 Å². The first-order chi connectivity index (χ1) is 8.48. The highest BCUT2D eigenvalue weighted by molar-refractivity contribution is 7.91. The van der Waals surface area contributed by atoms with E-state index in [2.05, 4.69) is 4.98 Å². The van der Waals surface area contributed by atoms with Crippen molar-refractivity contribution in [1.82, 2.24) is 4.98 Å². The van der Waals surface area contributed by atoms with Gasteiger partial charge in [0, 0.05) is 30.5 Å². The second-order valence-corrected chi connectivity index (χ2v) is 6.37. The topological polar surface area (TPSA) is 90.1 Å². The Kier molecular flexibility index (Phi) is 5.43. The lowest BCUT2D eigenvalue weighted by atomic mass is 10.1. The Morgan fingerprint density at radius 1 is 1.39 bits per heavy atom. The molecule has 0 aliphatic carbocycles. The number of aromatic nitrogens is 1. The molecular weight excluding hydrogens is 252 g/mol. The molecule has 0 amide bonds. The van der Waals surface area contributed by atoms with Crippen molar-refractivity contribution in [2.75, 3.05) is 11.5 Å². The van der Waals surface area contributed by atoms with Crippen LogP contribution in [-0.2, 0) is 16.4 Å². The van der Waals surface area contributed by atoms with Gasteiger partial charge >= 0.3 is 0 Å². The molecule has 100 valence electrons. The van der Waals surface area contributed by atoms with Crippen LogP contribution in [0.1, 0.15) is 35.8 Å². The standard InChI is InChI=1S/C12H18N2O3S/c1-2-6-18(16,17)7-4-12(15)10-3-5-14-11(8-10)9-13/h3,5,8H,2,4,6-7,9,13H2,1H3. The van der Waals surface area contributed by atoms with E-state index in [-0.39, 0.29) is 30.3 Å². The van der Waals surface area contributed by atoms with Crippen LogP contribution in [-0.4, -0.2) is 30.7 Å². The van der Waals surface area contributed by atoms with Gasteiger partial charge in [0.2, 0.25) is 0 Å². The summed E-state index contributed by atoms with van der Waals surface area (Å²) in [4.78, 5) is 15.8. The maximum Gasteiger partial charge on any atom is 0.164 e. The van der Waals surface area contributed by atoms with Crippen molar-refractivity contribution >= 4 is 15.6 Å². The van der Waals surface area contributed by atoms with Crippen LogP contribution in [0.3, 0.4) is 0 Å². The molecule has 0 unspecified atom stereocenters. The Morgan fingerprint density at radius 3 is 2.72 bits per heavy atom. The number of hydrogen-bond acceptors (Lipinski definition) is 5. The minimum atomic E-state index is -3.11. The van der Waals surface area contributed by atoms with E-state index >= 15 is 0 Å². The lowest BCUT2D eigenvalue weighted by molar-refractivity contribution is 0.0988. The van der Waals surface area contributed by atoms with E-state index < -0.39 is 9.84 Å². The van der Waals surface area contributed by atoms with Crippen LogP contribution in [0, 0.1) is 0 Å². The molecule has 0 spiro atoms. The molecule has 0 atom stereocenters. The average molecular weight is 270 g/mol. The van der Waals surface area contributed by atoms with E-state index in [0.29, 0.717) is 17.7 Å². The fraction of sp³-hybridized carbons (Fsp3) is 0.500. The molecule has 1 rings (SSSR count). The number of hydrogen-bond donors (Lipinski definition) is 1. The van der Waals surface area contributed by atoms with Gasteiger partial charge in [-0.3, -0.25) is 9.78 Å². The summed E-state index contributed by atoms with van der Waals surface area (Å²) >= 11 is 0. The van der Waals surface area contributed by atoms with Crippen molar-refractivity contribution in [3.63, 3.8) is 0 Å². The zero-order valence-corrected chi connectivity index (χ0v) is 11.2. The lowest BCUT2D eigenvalue weighted by Gasteiger charge is -2.04. The van der Waals surface area contributed by atoms with Crippen LogP contribution < -0.4 is 5.73 Å². The molecule has 2 N–H and O–H groups in total. The van der Waals surface area contributed by atoms with Crippen molar-refractivity contribution in [3.05, 3.63) is 29.6 Å². The van der Waals surface area contributed by atoms with Crippen LogP contribution in [0.5, 0.6) is 0 Å². The van der Waals surface area contributed by atoms with Crippen molar-refractivity contribution in [2.24, 2.45) is 5.73 Å². The Bertz CT molecular complexity index is 512. The van der Waals surface area contributed by atoms with Crippen molar-refractivity contribution in [2.45, 2.75) is 26.3 Å². The highest BCUT2D eigenvalue weighted by atomic mass is 32.2. The van der Waals surface area contributed by atoms with Gasteiger partial charge in [0.15, 0.2) is 15.6 Å². The predicted octanol–water partition coefficient (Wildman–Crippen LogP) is 0.938. The fourth-order valence-corrected chi connectivity index (χ4v) is 2.89. The minimum Gasteiger partial charge on any atom is -0.325 e. The van der Waals surface area contributed by atoms with Crippen LogP contribution in [0.15, 0.2) is 18.3 Å². The molecule has 6 heteroatoms. The molecule has 0 radical (unpaired) electrons. The normalized spacial score (nSPS) is 11.4. The summed E-state index contributed by atoms with van der Waals surface area (Å²) in [7, 11) is -3.11. The average Bonchev–Trinajstić information content (AvgIpc) is 2.36. The lowest BCUT2D eigenvalue weighted by Crippen LogP contribution is -2.14. The molecule has 0 aliphatic rings. The van der Waals surface area contributed by atoms with Gasteiger partial charge in [-0.05, 0) is 18.6 Å². The number of rotatable bonds is 7. The van der Waals surface area contributed by atoms with Gasteiger partial charge in [-0.15, -0.1) is 0 Å². The molecule has 1 aromatic heterocycles. The largest absolute Gasteiger partial charge is 0.325 e. The zero-order chi connectivity index (χ0) is 13.6. The molecular formula is C12H18N2O3S. The van der Waals surface area contributed by atoms with Gasteiger partial charge in [-0.2, -0.15) is 0 Å². The van der Waals surface area contributed by atoms with E-state index in [1.807, 2.05) is 0 Å². The second kappa shape index (κ2) is 6.61. The number of nitrogens with two attached hydrogens (primary N) is 1. The Hall–Kier alpha value is -1.27. The number of Topliss-reactive ketones (excluding diaryl/α,β-unsaturated/α-hetero) is 1. The predicted molar refractivity (Wildman–Crippen MR) is 70.0 cm³/mol. The summed E-state index contributed by atoms with van der Waals surface area (Å²) in [5.74, 6) is -0.156. The van der Waals surface area contributed by atoms with E-state index in [1.54, 1.807) is 19.1 Å². The first-order valence-electron chi connectivity index (χ1n) is 5.87. The van der Waals surface area contributed by atoms with Crippen LogP contribution in [0.2, 0.25) is 0 Å². The SMILES string of the molecule is CCCS(=O)(=O)CCC(=O)c1ccnc(CN)c1. The van der Waals surface area contributed by atoms with Gasteiger partial charge < -0.3 is 5.73 Å². The molecule has 0 saturated carbocycles. The van der Waals surface area contributed by atoms with Gasteiger partial charge in [0.05, 0.1) is 11.4 Å². The molecule has 5 nitrogen and oxygen atoms in total. The van der Waals surface area contributed by atoms with Gasteiger partial charge in [-0.25, -0.2) is 8.42 Å². The summed E-state index contributed by atoms with van der Waals surface area (Å²) < 4.78 is 23.0. The van der Waals surface area contributed by atoms with Crippen LogP contribution in [0.25, 0.3) is 0 Å². The van der Waals surface area contributed by atoms with Gasteiger partial charge in [-0.1, -0.05) is 6.92 Å². The Labute approximate surface area is 107 Å². The third-order valence-corrected chi connectivity index (χ3v) is 4.36. The zero-order valence-electron chi connectivity index (χ0n) is 10.4. The number of sulfone groups is 1. The number of nitrogens with zero attached hydrogens (tertiary/aromatic N) is 1. The smallest absolute Gasteiger partial charge is 0.164 e. The highest BCUT2D eigenvalue weighted by Crippen LogP contribution is 2.07. The highest BCUT2D eigenvalue weighted by Gasteiger charge is 2.14. The van der Waals surface area contributed by atoms with E-state index in [0.717, 1.165) is 0 Å². The first-order valence-corrected chi connectivity index (χ1v) is 7.69. The maximum absolute atomic E-state index is 11.8. The Morgan fingerprint density at radius 2 is 2.11 bits per heavy atom. The summed E-state index contributed by atoms with van der Waals surface area (Å²) in [6.07, 6.45) is 2.09. The van der Waals surface area contributed by atoms with Crippen LogP contribution >= 0.6 is 0 Å². The van der Waals surface area contributed by atoms with Crippen LogP contribution in [0.4, 0.5) is 0 Å². The van der Waals surface area contributed by atoms with Crippen molar-refractivity contribution < 1.29 is 13.2 Å². The Balaban J connectivity index is 2.66. The molecule has 1 heterocycles. The summed E-state index contributed by atoms with van der Waals surface area (Å²) in [6, 6.07) is 3.18. The van der Waals surface area contributed by atoms with Crippen molar-refractivity contribution in [1.29, 1.82) is 0 Å². The number of carbonyl (C=O) groups excluding carboxylic acids is 1. The monoisotopic (exact) mass is 270 g/mol. The van der Waals surface area contributed by atoms with E-state index in [4.69, 9.17) is 5.73 Å². The molecule has 0 aliphatic heterocycles. The third kappa shape index (κ3) is 4.54. The summed E-state index contributed by atoms with van der Waals surface area (Å²) in [6.45, 7) is 2.06. The molecule has 18 heavy (non-hydrogen) atoms. The third-order valence-electron chi connectivity index (χ3n) is 2.50. The molecule has 0 bridgehead atoms. The van der Waals surface area contributed by atoms with E-state index in [1.165, 1.54) is 6.20 Å². The number of ketones is 1. The van der Waals surface area contributed by atoms with E-state index in [9.17, 15) is 13.2 Å². The second-order valence-electron chi connectivity index (χ2n) is 4.06. The quantitative estimate of drug-likeness (QED) is 0.745. The van der Waals surface area contributed by atoms with Gasteiger partial charge in [0.1, 0.15) is 0 Å². The first kappa shape index (κ1) is 14.8. The number of pyridine rings is 1. The minimum absolute atomic E-state index is 0.0103. The summed E-state index contributed by atoms with van der Waals surface area (Å²) in [5.41, 5.74) is 6.52. The molecule has 0 saturated heterocycles. The molecule has 1 aromatic rings. The molecule has 0 aromatic carbocycles.